The Kier molecular flexibility index (Phi) is 6.50. The van der Waals surface area contributed by atoms with Crippen LogP contribution in [0.1, 0.15) is 43.4 Å². The van der Waals surface area contributed by atoms with E-state index in [1.165, 1.54) is 11.1 Å². The molecular weight excluding hydrogens is 366 g/mol. The standard InChI is InChI=1S/C23H25N3O3/c1-4-29-23(27)15(2)25-26-21-13-17-7-5-6-8-19(17)22(20(21)14-24)16-9-11-18(28-3)12-10-16/h9-13,26H,4-8H2,1-3H3. The minimum atomic E-state index is -0.480. The Bertz CT molecular complexity index is 972. The average Bonchev–Trinajstić information content (AvgIpc) is 2.76. The normalized spacial score (nSPS) is 13.2. The number of benzene rings is 2. The topological polar surface area (TPSA) is 83.7 Å². The third kappa shape index (κ3) is 4.40. The molecule has 0 spiro atoms. The Balaban J connectivity index is 2.09. The number of methoxy groups -OCH3 is 1. The zero-order valence-corrected chi connectivity index (χ0v) is 17.0. The summed E-state index contributed by atoms with van der Waals surface area (Å²) in [5, 5.41) is 14.1. The highest BCUT2D eigenvalue weighted by Crippen LogP contribution is 2.39. The molecule has 1 aliphatic carbocycles. The monoisotopic (exact) mass is 391 g/mol. The number of hydrogen-bond acceptors (Lipinski definition) is 6. The van der Waals surface area contributed by atoms with Gasteiger partial charge in [0.1, 0.15) is 17.5 Å². The summed E-state index contributed by atoms with van der Waals surface area (Å²) in [7, 11) is 1.63. The Morgan fingerprint density at radius 2 is 1.97 bits per heavy atom. The zero-order valence-electron chi connectivity index (χ0n) is 17.0. The molecule has 0 aliphatic heterocycles. The number of rotatable bonds is 6. The highest BCUT2D eigenvalue weighted by atomic mass is 16.5. The van der Waals surface area contributed by atoms with Crippen LogP contribution in [0, 0.1) is 11.3 Å². The number of aryl methyl sites for hydroxylation is 1. The third-order valence-corrected chi connectivity index (χ3v) is 5.06. The number of anilines is 1. The van der Waals surface area contributed by atoms with Gasteiger partial charge in [-0.05, 0) is 74.4 Å². The number of hydrazone groups is 1. The number of esters is 1. The van der Waals surface area contributed by atoms with Crippen LogP contribution in [-0.4, -0.2) is 25.4 Å². The molecule has 0 amide bonds. The van der Waals surface area contributed by atoms with Crippen molar-refractivity contribution in [1.82, 2.24) is 0 Å². The molecule has 6 nitrogen and oxygen atoms in total. The quantitative estimate of drug-likeness (QED) is 0.446. The van der Waals surface area contributed by atoms with Gasteiger partial charge in [0.05, 0.1) is 25.0 Å². The summed E-state index contributed by atoms with van der Waals surface area (Å²) in [6.07, 6.45) is 4.12. The van der Waals surface area contributed by atoms with E-state index in [4.69, 9.17) is 9.47 Å². The molecule has 0 heterocycles. The lowest BCUT2D eigenvalue weighted by Gasteiger charge is -2.23. The molecule has 2 aromatic rings. The summed E-state index contributed by atoms with van der Waals surface area (Å²) in [5.74, 6) is 0.289. The van der Waals surface area contributed by atoms with Gasteiger partial charge in [-0.1, -0.05) is 12.1 Å². The van der Waals surface area contributed by atoms with E-state index in [1.54, 1.807) is 21.0 Å². The van der Waals surface area contributed by atoms with E-state index in [9.17, 15) is 10.1 Å². The van der Waals surface area contributed by atoms with Crippen molar-refractivity contribution in [2.45, 2.75) is 39.5 Å². The first-order chi connectivity index (χ1) is 14.1. The number of carbonyl (C=O) groups is 1. The van der Waals surface area contributed by atoms with Crippen LogP contribution in [-0.2, 0) is 22.4 Å². The van der Waals surface area contributed by atoms with Gasteiger partial charge in [0.15, 0.2) is 0 Å². The fraction of sp³-hybridized carbons (Fsp3) is 0.348. The van der Waals surface area contributed by atoms with E-state index in [2.05, 4.69) is 16.6 Å². The van der Waals surface area contributed by atoms with Crippen LogP contribution in [0.5, 0.6) is 5.75 Å². The maximum Gasteiger partial charge on any atom is 0.354 e. The highest BCUT2D eigenvalue weighted by Gasteiger charge is 2.22. The second kappa shape index (κ2) is 9.24. The highest BCUT2D eigenvalue weighted by molar-refractivity contribution is 6.35. The van der Waals surface area contributed by atoms with Crippen molar-refractivity contribution < 1.29 is 14.3 Å². The van der Waals surface area contributed by atoms with Gasteiger partial charge in [0, 0.05) is 5.56 Å². The van der Waals surface area contributed by atoms with E-state index < -0.39 is 5.97 Å². The minimum absolute atomic E-state index is 0.208. The van der Waals surface area contributed by atoms with Crippen LogP contribution in [0.3, 0.4) is 0 Å². The van der Waals surface area contributed by atoms with Crippen LogP contribution >= 0.6 is 0 Å². The van der Waals surface area contributed by atoms with E-state index in [-0.39, 0.29) is 12.3 Å². The third-order valence-electron chi connectivity index (χ3n) is 5.06. The summed E-state index contributed by atoms with van der Waals surface area (Å²) in [5.41, 5.74) is 8.59. The van der Waals surface area contributed by atoms with Gasteiger partial charge in [-0.25, -0.2) is 4.79 Å². The Morgan fingerprint density at radius 1 is 1.24 bits per heavy atom. The van der Waals surface area contributed by atoms with Crippen molar-refractivity contribution in [3.05, 3.63) is 47.0 Å². The van der Waals surface area contributed by atoms with Crippen LogP contribution in [0.25, 0.3) is 11.1 Å². The molecule has 1 aliphatic rings. The molecule has 6 heteroatoms. The Hall–Kier alpha value is -3.33. The lowest BCUT2D eigenvalue weighted by atomic mass is 9.82. The summed E-state index contributed by atoms with van der Waals surface area (Å²) >= 11 is 0. The van der Waals surface area contributed by atoms with Gasteiger partial charge in [-0.15, -0.1) is 0 Å². The smallest absolute Gasteiger partial charge is 0.354 e. The number of fused-ring (bicyclic) bond motifs is 1. The first kappa shape index (κ1) is 20.4. The molecular formula is C23H25N3O3. The van der Waals surface area contributed by atoms with E-state index in [0.29, 0.717) is 11.3 Å². The molecule has 0 bridgehead atoms. The number of nitrogens with one attached hydrogen (secondary N) is 1. The average molecular weight is 391 g/mol. The largest absolute Gasteiger partial charge is 0.497 e. The van der Waals surface area contributed by atoms with Crippen LogP contribution < -0.4 is 10.2 Å². The number of hydrogen-bond donors (Lipinski definition) is 1. The van der Waals surface area contributed by atoms with Gasteiger partial charge >= 0.3 is 5.97 Å². The Labute approximate surface area is 171 Å². The molecule has 0 fully saturated rings. The molecule has 29 heavy (non-hydrogen) atoms. The summed E-state index contributed by atoms with van der Waals surface area (Å²) < 4.78 is 10.2. The summed E-state index contributed by atoms with van der Waals surface area (Å²) in [6, 6.07) is 12.1. The lowest BCUT2D eigenvalue weighted by Crippen LogP contribution is -2.16. The molecule has 2 aromatic carbocycles. The second-order valence-corrected chi connectivity index (χ2v) is 6.89. The van der Waals surface area contributed by atoms with Crippen molar-refractivity contribution >= 4 is 17.4 Å². The van der Waals surface area contributed by atoms with Crippen LogP contribution in [0.2, 0.25) is 0 Å². The second-order valence-electron chi connectivity index (χ2n) is 6.89. The number of nitrogens with zero attached hydrogens (tertiary/aromatic N) is 2. The number of ether oxygens (including phenoxy) is 2. The lowest BCUT2D eigenvalue weighted by molar-refractivity contribution is -0.135. The van der Waals surface area contributed by atoms with Crippen molar-refractivity contribution in [2.75, 3.05) is 19.1 Å². The SMILES string of the molecule is CCOC(=O)C(C)=NNc1cc2c(c(-c3ccc(OC)cc3)c1C#N)CCCC2. The van der Waals surface area contributed by atoms with Gasteiger partial charge in [-0.2, -0.15) is 10.4 Å². The van der Waals surface area contributed by atoms with Crippen molar-refractivity contribution in [3.63, 3.8) is 0 Å². The molecule has 1 N–H and O–H groups in total. The van der Waals surface area contributed by atoms with Crippen LogP contribution in [0.4, 0.5) is 5.69 Å². The maximum atomic E-state index is 11.8. The van der Waals surface area contributed by atoms with Crippen molar-refractivity contribution in [3.8, 4) is 22.9 Å². The van der Waals surface area contributed by atoms with Gasteiger partial charge in [0.2, 0.25) is 0 Å². The first-order valence-corrected chi connectivity index (χ1v) is 9.79. The molecule has 0 saturated carbocycles. The fourth-order valence-electron chi connectivity index (χ4n) is 3.61. The molecule has 0 saturated heterocycles. The van der Waals surface area contributed by atoms with Crippen molar-refractivity contribution in [1.29, 1.82) is 5.26 Å². The summed E-state index contributed by atoms with van der Waals surface area (Å²) in [4.78, 5) is 11.8. The predicted octanol–water partition coefficient (Wildman–Crippen LogP) is 4.46. The maximum absolute atomic E-state index is 11.8. The molecule has 0 aromatic heterocycles. The van der Waals surface area contributed by atoms with Crippen LogP contribution in [0.15, 0.2) is 35.4 Å². The zero-order chi connectivity index (χ0) is 20.8. The molecule has 0 unspecified atom stereocenters. The molecule has 150 valence electrons. The summed E-state index contributed by atoms with van der Waals surface area (Å²) in [6.45, 7) is 3.62. The first-order valence-electron chi connectivity index (χ1n) is 9.79. The van der Waals surface area contributed by atoms with Crippen molar-refractivity contribution in [2.24, 2.45) is 5.10 Å². The van der Waals surface area contributed by atoms with E-state index in [1.807, 2.05) is 30.3 Å². The van der Waals surface area contributed by atoms with Gasteiger partial charge < -0.3 is 9.47 Å². The minimum Gasteiger partial charge on any atom is -0.497 e. The molecule has 0 atom stereocenters. The van der Waals surface area contributed by atoms with Gasteiger partial charge in [-0.3, -0.25) is 5.43 Å². The number of nitriles is 1. The Morgan fingerprint density at radius 3 is 2.62 bits per heavy atom. The molecule has 0 radical (unpaired) electrons. The molecule has 3 rings (SSSR count). The predicted molar refractivity (Wildman–Crippen MR) is 113 cm³/mol. The van der Waals surface area contributed by atoms with E-state index >= 15 is 0 Å². The fourth-order valence-corrected chi connectivity index (χ4v) is 3.61. The van der Waals surface area contributed by atoms with E-state index in [0.717, 1.165) is 42.6 Å². The van der Waals surface area contributed by atoms with Gasteiger partial charge in [0.25, 0.3) is 0 Å². The number of carbonyl (C=O) groups excluding carboxylic acids is 1.